The summed E-state index contributed by atoms with van der Waals surface area (Å²) in [7, 11) is 2.94. The first-order chi connectivity index (χ1) is 12.8. The van der Waals surface area contributed by atoms with Crippen LogP contribution in [-0.4, -0.2) is 17.3 Å². The molecular formula is C19H19N3O2S2. The molecule has 0 aliphatic rings. The lowest BCUT2D eigenvalue weighted by atomic mass is 10.2. The van der Waals surface area contributed by atoms with Gasteiger partial charge in [0.25, 0.3) is 0 Å². The van der Waals surface area contributed by atoms with Crippen molar-refractivity contribution in [2.45, 2.75) is 20.0 Å². The van der Waals surface area contributed by atoms with Crippen molar-refractivity contribution in [1.82, 2.24) is 4.57 Å². The molecular weight excluding hydrogens is 366 g/mol. The zero-order chi connectivity index (χ0) is 18.2. The number of aromatic nitrogens is 1. The highest BCUT2D eigenvalue weighted by atomic mass is 32.9. The molecule has 0 aliphatic heterocycles. The Morgan fingerprint density at radius 1 is 0.962 bits per heavy atom. The average molecular weight is 386 g/mol. The van der Waals surface area contributed by atoms with E-state index < -0.39 is 6.09 Å². The van der Waals surface area contributed by atoms with Crippen LogP contribution < -0.4 is 9.60 Å². The maximum absolute atomic E-state index is 11.8. The summed E-state index contributed by atoms with van der Waals surface area (Å²) < 4.78 is 6.91. The van der Waals surface area contributed by atoms with Gasteiger partial charge in [0, 0.05) is 0 Å². The number of hydrogen-bond acceptors (Lipinski definition) is 5. The topological polar surface area (TPSA) is 55.9 Å². The summed E-state index contributed by atoms with van der Waals surface area (Å²) in [6.45, 7) is 3.26. The SMILES string of the molecule is CCOC(=O)/N=c1\ssc(=NCc2ccccc2)n1Cc1ccccc1. The largest absolute Gasteiger partial charge is 0.448 e. The Morgan fingerprint density at radius 2 is 1.58 bits per heavy atom. The third-order valence-corrected chi connectivity index (χ3v) is 5.72. The van der Waals surface area contributed by atoms with Crippen LogP contribution in [0.3, 0.4) is 0 Å². The van der Waals surface area contributed by atoms with Gasteiger partial charge in [-0.1, -0.05) is 60.7 Å². The van der Waals surface area contributed by atoms with Crippen molar-refractivity contribution in [3.05, 3.63) is 81.4 Å². The van der Waals surface area contributed by atoms with E-state index in [1.807, 2.05) is 65.2 Å². The van der Waals surface area contributed by atoms with E-state index in [1.165, 1.54) is 20.7 Å². The Kier molecular flexibility index (Phi) is 6.51. The molecule has 0 saturated carbocycles. The molecule has 1 heterocycles. The van der Waals surface area contributed by atoms with E-state index in [-0.39, 0.29) is 0 Å². The van der Waals surface area contributed by atoms with Gasteiger partial charge in [0.05, 0.1) is 19.7 Å². The van der Waals surface area contributed by atoms with Gasteiger partial charge >= 0.3 is 6.09 Å². The molecule has 26 heavy (non-hydrogen) atoms. The minimum absolute atomic E-state index is 0.307. The number of carbonyl (C=O) groups excluding carboxylic acids is 1. The van der Waals surface area contributed by atoms with Crippen molar-refractivity contribution < 1.29 is 9.53 Å². The average Bonchev–Trinajstić information content (AvgIpc) is 3.03. The number of ether oxygens (including phenoxy) is 1. The molecule has 0 N–H and O–H groups in total. The van der Waals surface area contributed by atoms with Gasteiger partial charge in [0.2, 0.25) is 4.80 Å². The van der Waals surface area contributed by atoms with Crippen LogP contribution in [0, 0.1) is 0 Å². The third kappa shape index (κ3) is 5.00. The quantitative estimate of drug-likeness (QED) is 0.627. The number of nitrogens with zero attached hydrogens (tertiary/aromatic N) is 3. The molecule has 2 aromatic carbocycles. The summed E-state index contributed by atoms with van der Waals surface area (Å²) in [4.78, 5) is 22.0. The van der Waals surface area contributed by atoms with Gasteiger partial charge in [-0.3, -0.25) is 9.56 Å². The van der Waals surface area contributed by atoms with Gasteiger partial charge in [-0.25, -0.2) is 4.79 Å². The molecule has 0 saturated heterocycles. The lowest BCUT2D eigenvalue weighted by Gasteiger charge is -2.03. The monoisotopic (exact) mass is 385 g/mol. The summed E-state index contributed by atoms with van der Waals surface area (Å²) in [5, 5.41) is 0. The molecule has 5 nitrogen and oxygen atoms in total. The van der Waals surface area contributed by atoms with Gasteiger partial charge in [0.15, 0.2) is 4.80 Å². The van der Waals surface area contributed by atoms with E-state index in [9.17, 15) is 4.79 Å². The van der Waals surface area contributed by atoms with Crippen molar-refractivity contribution in [3.63, 3.8) is 0 Å². The predicted molar refractivity (Wildman–Crippen MR) is 104 cm³/mol. The Labute approximate surface area is 159 Å². The molecule has 0 fully saturated rings. The molecule has 1 amide bonds. The Hall–Kier alpha value is -2.51. The minimum atomic E-state index is -0.571. The van der Waals surface area contributed by atoms with Crippen LogP contribution in [0.1, 0.15) is 18.1 Å². The van der Waals surface area contributed by atoms with Crippen LogP contribution >= 0.6 is 20.7 Å². The lowest BCUT2D eigenvalue weighted by molar-refractivity contribution is 0.162. The van der Waals surface area contributed by atoms with Gasteiger partial charge in [-0.05, 0) is 38.7 Å². The fourth-order valence-corrected chi connectivity index (χ4v) is 4.49. The Morgan fingerprint density at radius 3 is 2.23 bits per heavy atom. The molecule has 7 heteroatoms. The second kappa shape index (κ2) is 9.26. The van der Waals surface area contributed by atoms with Crippen LogP contribution in [0.5, 0.6) is 0 Å². The molecule has 134 valence electrons. The number of rotatable bonds is 5. The Bertz CT molecular complexity index is 973. The molecule has 0 aliphatic carbocycles. The number of carbonyl (C=O) groups is 1. The summed E-state index contributed by atoms with van der Waals surface area (Å²) in [5.74, 6) is 0. The van der Waals surface area contributed by atoms with Gasteiger partial charge < -0.3 is 4.74 Å². The van der Waals surface area contributed by atoms with Gasteiger partial charge in [0.1, 0.15) is 0 Å². The molecule has 0 spiro atoms. The second-order valence-electron chi connectivity index (χ2n) is 5.42. The summed E-state index contributed by atoms with van der Waals surface area (Å²) in [6.07, 6.45) is -0.571. The highest BCUT2D eigenvalue weighted by molar-refractivity contribution is 7.67. The zero-order valence-corrected chi connectivity index (χ0v) is 16.0. The molecule has 0 atom stereocenters. The molecule has 1 aromatic heterocycles. The normalized spacial score (nSPS) is 12.3. The maximum Gasteiger partial charge on any atom is 0.436 e. The van der Waals surface area contributed by atoms with E-state index in [0.717, 1.165) is 15.9 Å². The minimum Gasteiger partial charge on any atom is -0.448 e. The molecule has 3 rings (SSSR count). The van der Waals surface area contributed by atoms with Crippen molar-refractivity contribution in [2.75, 3.05) is 6.61 Å². The molecule has 0 unspecified atom stereocenters. The van der Waals surface area contributed by atoms with Crippen molar-refractivity contribution >= 4 is 26.8 Å². The van der Waals surface area contributed by atoms with Crippen LogP contribution in [0.25, 0.3) is 0 Å². The summed E-state index contributed by atoms with van der Waals surface area (Å²) >= 11 is 0. The predicted octanol–water partition coefficient (Wildman–Crippen LogP) is 3.82. The second-order valence-corrected chi connectivity index (χ2v) is 7.48. The van der Waals surface area contributed by atoms with E-state index in [1.54, 1.807) is 6.92 Å². The maximum atomic E-state index is 11.8. The van der Waals surface area contributed by atoms with Crippen LogP contribution in [0.2, 0.25) is 0 Å². The van der Waals surface area contributed by atoms with Crippen LogP contribution in [-0.2, 0) is 17.8 Å². The zero-order valence-electron chi connectivity index (χ0n) is 14.4. The smallest absolute Gasteiger partial charge is 0.436 e. The first-order valence-electron chi connectivity index (χ1n) is 8.26. The fourth-order valence-electron chi connectivity index (χ4n) is 2.31. The van der Waals surface area contributed by atoms with Crippen LogP contribution in [0.4, 0.5) is 4.79 Å². The van der Waals surface area contributed by atoms with E-state index >= 15 is 0 Å². The van der Waals surface area contributed by atoms with Crippen molar-refractivity contribution in [1.29, 1.82) is 0 Å². The first-order valence-corrected chi connectivity index (χ1v) is 10.4. The van der Waals surface area contributed by atoms with E-state index in [0.29, 0.717) is 24.5 Å². The van der Waals surface area contributed by atoms with E-state index in [2.05, 4.69) is 4.99 Å². The number of amides is 1. The van der Waals surface area contributed by atoms with Gasteiger partial charge in [-0.2, -0.15) is 0 Å². The number of benzene rings is 2. The van der Waals surface area contributed by atoms with Gasteiger partial charge in [-0.15, -0.1) is 4.99 Å². The third-order valence-electron chi connectivity index (χ3n) is 3.53. The van der Waals surface area contributed by atoms with E-state index in [4.69, 9.17) is 9.73 Å². The molecule has 0 radical (unpaired) electrons. The van der Waals surface area contributed by atoms with Crippen molar-refractivity contribution in [2.24, 2.45) is 9.98 Å². The molecule has 3 aromatic rings. The first kappa shape index (κ1) is 18.3. The highest BCUT2D eigenvalue weighted by Gasteiger charge is 2.06. The number of hydrogen-bond donors (Lipinski definition) is 0. The van der Waals surface area contributed by atoms with Crippen molar-refractivity contribution in [3.8, 4) is 0 Å². The molecule has 0 bridgehead atoms. The highest BCUT2D eigenvalue weighted by Crippen LogP contribution is 2.04. The standard InChI is InChI=1S/C19H19N3O2S2/c1-2-24-19(23)21-18-22(14-16-11-7-4-8-12-16)17(25-26-18)20-13-15-9-5-3-6-10-15/h3-12H,2,13-14H2,1H3/b20-17?,21-18-. The Balaban J connectivity index is 1.98. The van der Waals surface area contributed by atoms with Crippen LogP contribution in [0.15, 0.2) is 70.6 Å². The summed E-state index contributed by atoms with van der Waals surface area (Å²) in [5.41, 5.74) is 2.26. The lowest BCUT2D eigenvalue weighted by Crippen LogP contribution is -2.27. The summed E-state index contributed by atoms with van der Waals surface area (Å²) in [6, 6.07) is 20.1. The fraction of sp³-hybridized carbons (Fsp3) is 0.211.